The number of amides is 1. The van der Waals surface area contributed by atoms with E-state index in [4.69, 9.17) is 4.42 Å². The molecule has 0 atom stereocenters. The molecule has 0 bridgehead atoms. The van der Waals surface area contributed by atoms with Gasteiger partial charge in [-0.15, -0.1) is 0 Å². The standard InChI is InChI=1S/C18H21N3O2/c22-18(16-7-4-12-23-16)21-17-9-8-15(13-20-17)19-11-10-14-5-2-1-3-6-14/h4-5,7-9,12-13,19H,1-3,6,10-11H2,(H,20,21,22). The van der Waals surface area contributed by atoms with Gasteiger partial charge in [0.1, 0.15) is 5.82 Å². The number of rotatable bonds is 6. The van der Waals surface area contributed by atoms with Crippen LogP contribution in [0.4, 0.5) is 11.5 Å². The van der Waals surface area contributed by atoms with Gasteiger partial charge in [-0.2, -0.15) is 0 Å². The highest BCUT2D eigenvalue weighted by Crippen LogP contribution is 2.20. The Kier molecular flexibility index (Phi) is 5.09. The lowest BCUT2D eigenvalue weighted by molar-refractivity contribution is 0.0996. The number of nitrogens with zero attached hydrogens (tertiary/aromatic N) is 1. The summed E-state index contributed by atoms with van der Waals surface area (Å²) in [7, 11) is 0. The molecule has 120 valence electrons. The fourth-order valence-corrected chi connectivity index (χ4v) is 2.66. The Morgan fingerprint density at radius 1 is 1.26 bits per heavy atom. The van der Waals surface area contributed by atoms with Crippen molar-refractivity contribution in [2.75, 3.05) is 17.2 Å². The van der Waals surface area contributed by atoms with Gasteiger partial charge in [0, 0.05) is 6.54 Å². The molecule has 0 aromatic carbocycles. The number of hydrogen-bond donors (Lipinski definition) is 2. The number of pyridine rings is 1. The molecule has 0 spiro atoms. The summed E-state index contributed by atoms with van der Waals surface area (Å²) in [6, 6.07) is 6.99. The SMILES string of the molecule is O=C(Nc1ccc(NCCC2=CCCCC2)cn1)c1ccco1. The predicted octanol–water partition coefficient (Wildman–Crippen LogP) is 4.23. The first kappa shape index (κ1) is 15.3. The molecule has 2 aromatic rings. The predicted molar refractivity (Wildman–Crippen MR) is 90.6 cm³/mol. The molecule has 2 aromatic heterocycles. The van der Waals surface area contributed by atoms with Gasteiger partial charge in [0.05, 0.1) is 18.1 Å². The van der Waals surface area contributed by atoms with Crippen molar-refractivity contribution in [1.29, 1.82) is 0 Å². The summed E-state index contributed by atoms with van der Waals surface area (Å²) in [6.45, 7) is 0.908. The van der Waals surface area contributed by atoms with Crippen LogP contribution in [0.15, 0.2) is 52.8 Å². The van der Waals surface area contributed by atoms with E-state index in [1.807, 2.05) is 6.07 Å². The average Bonchev–Trinajstić information content (AvgIpc) is 3.12. The Bertz CT molecular complexity index is 660. The number of aromatic nitrogens is 1. The van der Waals surface area contributed by atoms with Crippen LogP contribution in [0.25, 0.3) is 0 Å². The number of nitrogens with one attached hydrogen (secondary N) is 2. The van der Waals surface area contributed by atoms with Gasteiger partial charge < -0.3 is 15.1 Å². The molecule has 2 N–H and O–H groups in total. The maximum atomic E-state index is 11.8. The van der Waals surface area contributed by atoms with Gasteiger partial charge in [-0.05, 0) is 56.4 Å². The van der Waals surface area contributed by atoms with Crippen LogP contribution in [0, 0.1) is 0 Å². The first-order valence-electron chi connectivity index (χ1n) is 8.04. The molecule has 2 heterocycles. The smallest absolute Gasteiger partial charge is 0.292 e. The largest absolute Gasteiger partial charge is 0.459 e. The van der Waals surface area contributed by atoms with Crippen molar-refractivity contribution in [3.63, 3.8) is 0 Å². The number of carbonyl (C=O) groups is 1. The molecule has 5 heteroatoms. The Balaban J connectivity index is 1.47. The highest BCUT2D eigenvalue weighted by atomic mass is 16.3. The van der Waals surface area contributed by atoms with Gasteiger partial charge in [-0.25, -0.2) is 4.98 Å². The highest BCUT2D eigenvalue weighted by molar-refractivity contribution is 6.01. The molecule has 0 unspecified atom stereocenters. The summed E-state index contributed by atoms with van der Waals surface area (Å²) < 4.78 is 5.04. The quantitative estimate of drug-likeness (QED) is 0.783. The number of allylic oxidation sites excluding steroid dienone is 1. The second kappa shape index (κ2) is 7.63. The summed E-state index contributed by atoms with van der Waals surface area (Å²) in [6.07, 6.45) is 11.7. The van der Waals surface area contributed by atoms with Crippen LogP contribution in [0.5, 0.6) is 0 Å². The number of hydrogen-bond acceptors (Lipinski definition) is 4. The Hall–Kier alpha value is -2.56. The van der Waals surface area contributed by atoms with Crippen molar-refractivity contribution in [1.82, 2.24) is 4.98 Å². The van der Waals surface area contributed by atoms with E-state index in [0.717, 1.165) is 18.7 Å². The summed E-state index contributed by atoms with van der Waals surface area (Å²) in [5, 5.41) is 6.06. The van der Waals surface area contributed by atoms with Crippen LogP contribution in [0.2, 0.25) is 0 Å². The average molecular weight is 311 g/mol. The second-order valence-corrected chi connectivity index (χ2v) is 5.65. The molecule has 0 radical (unpaired) electrons. The van der Waals surface area contributed by atoms with Crippen LogP contribution in [0.1, 0.15) is 42.7 Å². The first-order chi connectivity index (χ1) is 11.3. The van der Waals surface area contributed by atoms with Crippen molar-refractivity contribution >= 4 is 17.4 Å². The van der Waals surface area contributed by atoms with Crippen LogP contribution >= 0.6 is 0 Å². The topological polar surface area (TPSA) is 67.2 Å². The van der Waals surface area contributed by atoms with Crippen LogP contribution in [0.3, 0.4) is 0 Å². The molecule has 0 fully saturated rings. The van der Waals surface area contributed by atoms with Crippen molar-refractivity contribution in [3.05, 3.63) is 54.1 Å². The minimum absolute atomic E-state index is 0.273. The van der Waals surface area contributed by atoms with E-state index >= 15 is 0 Å². The molecule has 0 saturated heterocycles. The Labute approximate surface area is 135 Å². The third-order valence-corrected chi connectivity index (χ3v) is 3.91. The minimum Gasteiger partial charge on any atom is -0.459 e. The minimum atomic E-state index is -0.299. The van der Waals surface area contributed by atoms with E-state index in [0.29, 0.717) is 5.82 Å². The summed E-state index contributed by atoms with van der Waals surface area (Å²) in [5.41, 5.74) is 2.51. The lowest BCUT2D eigenvalue weighted by atomic mass is 9.97. The fourth-order valence-electron chi connectivity index (χ4n) is 2.66. The molecule has 5 nitrogen and oxygen atoms in total. The fraction of sp³-hybridized carbons (Fsp3) is 0.333. The van der Waals surface area contributed by atoms with Crippen molar-refractivity contribution < 1.29 is 9.21 Å². The summed E-state index contributed by atoms with van der Waals surface area (Å²) in [4.78, 5) is 16.1. The van der Waals surface area contributed by atoms with E-state index in [1.165, 1.54) is 31.9 Å². The Morgan fingerprint density at radius 2 is 2.22 bits per heavy atom. The van der Waals surface area contributed by atoms with Crippen molar-refractivity contribution in [2.24, 2.45) is 0 Å². The molecule has 1 aliphatic rings. The van der Waals surface area contributed by atoms with Gasteiger partial charge >= 0.3 is 0 Å². The van der Waals surface area contributed by atoms with E-state index in [1.54, 1.807) is 30.0 Å². The van der Waals surface area contributed by atoms with Crippen molar-refractivity contribution in [2.45, 2.75) is 32.1 Å². The molecule has 0 aliphatic heterocycles. The molecule has 0 saturated carbocycles. The van der Waals surface area contributed by atoms with Gasteiger partial charge in [0.25, 0.3) is 5.91 Å². The van der Waals surface area contributed by atoms with Gasteiger partial charge in [0.2, 0.25) is 0 Å². The lowest BCUT2D eigenvalue weighted by Gasteiger charge is -2.13. The van der Waals surface area contributed by atoms with E-state index in [2.05, 4.69) is 21.7 Å². The van der Waals surface area contributed by atoms with Gasteiger partial charge in [-0.3, -0.25) is 4.79 Å². The maximum Gasteiger partial charge on any atom is 0.292 e. The lowest BCUT2D eigenvalue weighted by Crippen LogP contribution is -2.12. The zero-order valence-electron chi connectivity index (χ0n) is 13.0. The second-order valence-electron chi connectivity index (χ2n) is 5.65. The summed E-state index contributed by atoms with van der Waals surface area (Å²) >= 11 is 0. The third-order valence-electron chi connectivity index (χ3n) is 3.91. The van der Waals surface area contributed by atoms with Gasteiger partial charge in [-0.1, -0.05) is 11.6 Å². The van der Waals surface area contributed by atoms with Gasteiger partial charge in [0.15, 0.2) is 5.76 Å². The monoisotopic (exact) mass is 311 g/mol. The van der Waals surface area contributed by atoms with E-state index in [-0.39, 0.29) is 11.7 Å². The molecular formula is C18H21N3O2. The van der Waals surface area contributed by atoms with Crippen LogP contribution < -0.4 is 10.6 Å². The van der Waals surface area contributed by atoms with E-state index < -0.39 is 0 Å². The van der Waals surface area contributed by atoms with E-state index in [9.17, 15) is 4.79 Å². The van der Waals surface area contributed by atoms with Crippen LogP contribution in [-0.2, 0) is 0 Å². The zero-order chi connectivity index (χ0) is 15.9. The molecule has 1 amide bonds. The highest BCUT2D eigenvalue weighted by Gasteiger charge is 2.09. The first-order valence-corrected chi connectivity index (χ1v) is 8.04. The molecular weight excluding hydrogens is 290 g/mol. The summed E-state index contributed by atoms with van der Waals surface area (Å²) in [5.74, 6) is 0.481. The number of furan rings is 1. The molecule has 23 heavy (non-hydrogen) atoms. The number of anilines is 2. The van der Waals surface area contributed by atoms with Crippen molar-refractivity contribution in [3.8, 4) is 0 Å². The number of carbonyl (C=O) groups excluding carboxylic acids is 1. The molecule has 1 aliphatic carbocycles. The Morgan fingerprint density at radius 3 is 2.91 bits per heavy atom. The third kappa shape index (κ3) is 4.45. The van der Waals surface area contributed by atoms with Crippen LogP contribution in [-0.4, -0.2) is 17.4 Å². The zero-order valence-corrected chi connectivity index (χ0v) is 13.0. The molecule has 3 rings (SSSR count). The normalized spacial score (nSPS) is 14.2. The maximum absolute atomic E-state index is 11.8.